The Bertz CT molecular complexity index is 721. The number of ether oxygens (including phenoxy) is 1. The second-order valence-electron chi connectivity index (χ2n) is 4.14. The van der Waals surface area contributed by atoms with Crippen LogP contribution in [0.2, 0.25) is 0 Å². The normalized spacial score (nSPS) is 19.5. The van der Waals surface area contributed by atoms with Crippen LogP contribution in [0.1, 0.15) is 0 Å². The zero-order valence-electron chi connectivity index (χ0n) is 9.95. The first-order valence-electron chi connectivity index (χ1n) is 5.73. The highest BCUT2D eigenvalue weighted by molar-refractivity contribution is 7.67. The molecule has 0 bridgehead atoms. The molecule has 0 N–H and O–H groups in total. The lowest BCUT2D eigenvalue weighted by Gasteiger charge is -2.27. The van der Waals surface area contributed by atoms with Gasteiger partial charge in [0, 0.05) is 5.56 Å². The third-order valence-electron chi connectivity index (χ3n) is 2.99. The van der Waals surface area contributed by atoms with Crippen LogP contribution in [-0.4, -0.2) is 6.35 Å². The molecule has 0 saturated carbocycles. The topological polar surface area (TPSA) is 59.3 Å². The number of hydrogen-bond acceptors (Lipinski definition) is 4. The molecule has 0 fully saturated rings. The van der Waals surface area contributed by atoms with Crippen LogP contribution >= 0.6 is 7.37 Å². The molecule has 0 radical (unpaired) electrons. The van der Waals surface area contributed by atoms with Gasteiger partial charge in [-0.3, -0.25) is 4.57 Å². The number of nitrogens with zero attached hydrogens (tertiary/aromatic N) is 1. The standard InChI is InChI=1S/C14H10NO3P/c15-9-17-10-19(16)14-8-4-2-6-12(14)11-5-1-3-7-13(11)18-19/h1-8H,10H2. The van der Waals surface area contributed by atoms with E-state index in [1.54, 1.807) is 24.5 Å². The van der Waals surface area contributed by atoms with Gasteiger partial charge in [-0.15, -0.1) is 0 Å². The average Bonchev–Trinajstić information content (AvgIpc) is 2.46. The van der Waals surface area contributed by atoms with E-state index in [1.165, 1.54) is 0 Å². The lowest BCUT2D eigenvalue weighted by Crippen LogP contribution is -2.20. The average molecular weight is 271 g/mol. The summed E-state index contributed by atoms with van der Waals surface area (Å²) in [5.41, 5.74) is 1.77. The van der Waals surface area contributed by atoms with Gasteiger partial charge < -0.3 is 9.26 Å². The van der Waals surface area contributed by atoms with E-state index < -0.39 is 7.37 Å². The molecule has 1 unspecified atom stereocenters. The first-order chi connectivity index (χ1) is 9.24. The molecule has 1 aliphatic rings. The Morgan fingerprint density at radius 3 is 2.58 bits per heavy atom. The van der Waals surface area contributed by atoms with Crippen molar-refractivity contribution in [1.82, 2.24) is 0 Å². The summed E-state index contributed by atoms with van der Waals surface area (Å²) in [6, 6.07) is 14.8. The van der Waals surface area contributed by atoms with Gasteiger partial charge in [-0.1, -0.05) is 36.4 Å². The van der Waals surface area contributed by atoms with Crippen molar-refractivity contribution in [2.45, 2.75) is 0 Å². The molecule has 4 nitrogen and oxygen atoms in total. The van der Waals surface area contributed by atoms with E-state index in [9.17, 15) is 4.57 Å². The van der Waals surface area contributed by atoms with Gasteiger partial charge in [-0.05, 0) is 17.7 Å². The van der Waals surface area contributed by atoms with Gasteiger partial charge in [0.05, 0.1) is 5.30 Å². The van der Waals surface area contributed by atoms with E-state index in [4.69, 9.17) is 9.79 Å². The SMILES string of the molecule is N#COCP1(=O)Oc2ccccc2-c2ccccc21. The quantitative estimate of drug-likeness (QED) is 0.622. The highest BCUT2D eigenvalue weighted by Gasteiger charge is 2.36. The van der Waals surface area contributed by atoms with E-state index in [0.717, 1.165) is 11.1 Å². The van der Waals surface area contributed by atoms with Gasteiger partial charge >= 0.3 is 7.37 Å². The van der Waals surface area contributed by atoms with Gasteiger partial charge in [-0.2, -0.15) is 5.26 Å². The predicted molar refractivity (Wildman–Crippen MR) is 71.3 cm³/mol. The second kappa shape index (κ2) is 4.46. The molecule has 0 aromatic heterocycles. The van der Waals surface area contributed by atoms with Crippen molar-refractivity contribution in [3.63, 3.8) is 0 Å². The second-order valence-corrected chi connectivity index (χ2v) is 6.41. The van der Waals surface area contributed by atoms with Gasteiger partial charge in [0.25, 0.3) is 6.26 Å². The smallest absolute Gasteiger partial charge is 0.315 e. The minimum absolute atomic E-state index is 0.241. The van der Waals surface area contributed by atoms with Gasteiger partial charge in [0.1, 0.15) is 5.75 Å². The zero-order valence-corrected chi connectivity index (χ0v) is 10.8. The summed E-state index contributed by atoms with van der Waals surface area (Å²) in [5.74, 6) is 0.561. The Hall–Kier alpha value is -2.24. The van der Waals surface area contributed by atoms with Gasteiger partial charge in [0.15, 0.2) is 6.35 Å². The molecular formula is C14H10NO3P. The van der Waals surface area contributed by atoms with E-state index in [0.29, 0.717) is 11.1 Å². The van der Waals surface area contributed by atoms with Crippen LogP contribution in [0.25, 0.3) is 11.1 Å². The fourth-order valence-electron chi connectivity index (χ4n) is 2.19. The van der Waals surface area contributed by atoms with Crippen LogP contribution in [0.4, 0.5) is 0 Å². The number of nitriles is 1. The summed E-state index contributed by atoms with van der Waals surface area (Å²) in [5, 5.41) is 9.11. The van der Waals surface area contributed by atoms with Crippen molar-refractivity contribution < 1.29 is 13.8 Å². The minimum Gasteiger partial charge on any atom is -0.437 e. The number of benzene rings is 2. The summed E-state index contributed by atoms with van der Waals surface area (Å²) < 4.78 is 23.2. The number of rotatable bonds is 2. The fraction of sp³-hybridized carbons (Fsp3) is 0.0714. The highest BCUT2D eigenvalue weighted by atomic mass is 31.2. The molecule has 1 heterocycles. The van der Waals surface area contributed by atoms with Crippen molar-refractivity contribution in [1.29, 1.82) is 5.26 Å². The first-order valence-corrected chi connectivity index (χ1v) is 7.54. The van der Waals surface area contributed by atoms with E-state index in [-0.39, 0.29) is 6.35 Å². The maximum atomic E-state index is 12.9. The van der Waals surface area contributed by atoms with Crippen LogP contribution in [-0.2, 0) is 9.30 Å². The molecule has 1 aliphatic heterocycles. The summed E-state index contributed by atoms with van der Waals surface area (Å²) in [4.78, 5) is 0. The highest BCUT2D eigenvalue weighted by Crippen LogP contribution is 2.54. The van der Waals surface area contributed by atoms with Crippen molar-refractivity contribution in [3.05, 3.63) is 48.5 Å². The maximum Gasteiger partial charge on any atom is 0.315 e. The van der Waals surface area contributed by atoms with Gasteiger partial charge in [-0.25, -0.2) is 0 Å². The molecule has 0 spiro atoms. The Morgan fingerprint density at radius 2 is 1.79 bits per heavy atom. The lowest BCUT2D eigenvalue weighted by molar-refractivity contribution is 0.313. The third-order valence-corrected chi connectivity index (χ3v) is 5.08. The summed E-state index contributed by atoms with van der Waals surface area (Å²) in [7, 11) is -3.20. The molecule has 0 aliphatic carbocycles. The van der Waals surface area contributed by atoms with Crippen molar-refractivity contribution in [2.75, 3.05) is 6.35 Å². The molecule has 94 valence electrons. The molecule has 5 heteroatoms. The molecule has 2 aromatic rings. The van der Waals surface area contributed by atoms with Crippen LogP contribution in [0.5, 0.6) is 5.75 Å². The summed E-state index contributed by atoms with van der Waals surface area (Å²) in [6.07, 6.45) is 1.30. The van der Waals surface area contributed by atoms with E-state index in [1.807, 2.05) is 30.3 Å². The predicted octanol–water partition coefficient (Wildman–Crippen LogP) is 3.10. The summed E-state index contributed by atoms with van der Waals surface area (Å²) in [6.45, 7) is 0. The van der Waals surface area contributed by atoms with E-state index >= 15 is 0 Å². The molecule has 0 saturated heterocycles. The molecular weight excluding hydrogens is 261 g/mol. The Labute approximate surface area is 110 Å². The molecule has 19 heavy (non-hydrogen) atoms. The van der Waals surface area contributed by atoms with Crippen LogP contribution in [0.15, 0.2) is 48.5 Å². The van der Waals surface area contributed by atoms with Crippen molar-refractivity contribution in [2.24, 2.45) is 0 Å². The summed E-state index contributed by atoms with van der Waals surface area (Å²) >= 11 is 0. The first kappa shape index (κ1) is 11.8. The maximum absolute atomic E-state index is 12.9. The lowest BCUT2D eigenvalue weighted by atomic mass is 10.0. The van der Waals surface area contributed by atoms with Gasteiger partial charge in [0.2, 0.25) is 0 Å². The van der Waals surface area contributed by atoms with Crippen molar-refractivity contribution in [3.8, 4) is 23.1 Å². The number of para-hydroxylation sites is 1. The fourth-order valence-corrected chi connectivity index (χ4v) is 4.06. The zero-order chi connectivity index (χ0) is 13.3. The minimum atomic E-state index is -3.20. The Morgan fingerprint density at radius 1 is 1.11 bits per heavy atom. The third kappa shape index (κ3) is 1.89. The number of fused-ring (bicyclic) bond motifs is 3. The molecule has 0 amide bonds. The molecule has 1 atom stereocenters. The monoisotopic (exact) mass is 271 g/mol. The van der Waals surface area contributed by atoms with Crippen molar-refractivity contribution >= 4 is 12.7 Å². The largest absolute Gasteiger partial charge is 0.437 e. The Kier molecular flexibility index (Phi) is 2.77. The Balaban J connectivity index is 2.20. The molecule has 3 rings (SSSR count). The van der Waals surface area contributed by atoms with Crippen LogP contribution in [0.3, 0.4) is 0 Å². The molecule has 2 aromatic carbocycles. The van der Waals surface area contributed by atoms with E-state index in [2.05, 4.69) is 4.74 Å². The van der Waals surface area contributed by atoms with Crippen LogP contribution < -0.4 is 9.83 Å². The van der Waals surface area contributed by atoms with Crippen LogP contribution in [0, 0.1) is 11.5 Å². The number of hydrogen-bond donors (Lipinski definition) is 0.